The van der Waals surface area contributed by atoms with E-state index in [2.05, 4.69) is 10.6 Å². The molecule has 1 saturated carbocycles. The van der Waals surface area contributed by atoms with Crippen molar-refractivity contribution in [1.82, 2.24) is 10.6 Å². The number of hydrogen-bond acceptors (Lipinski definition) is 4. The Labute approximate surface area is 148 Å². The lowest BCUT2D eigenvalue weighted by Crippen LogP contribution is -2.42. The van der Waals surface area contributed by atoms with Crippen LogP contribution in [-0.2, 0) is 20.9 Å². The van der Waals surface area contributed by atoms with E-state index in [1.165, 1.54) is 0 Å². The number of nitrogens with one attached hydrogen (secondary N) is 2. The first-order chi connectivity index (χ1) is 12.0. The molecule has 2 amide bonds. The number of carbonyl (C=O) groups excluding carboxylic acids is 2. The van der Waals surface area contributed by atoms with Crippen LogP contribution in [0.4, 0.5) is 0 Å². The number of carbonyl (C=O) groups is 2. The molecule has 2 aliphatic rings. The number of hydrogen-bond donors (Lipinski definition) is 2. The third-order valence-corrected chi connectivity index (χ3v) is 4.81. The Morgan fingerprint density at radius 2 is 2.04 bits per heavy atom. The zero-order valence-corrected chi connectivity index (χ0v) is 14.7. The Kier molecular flexibility index (Phi) is 5.58. The summed E-state index contributed by atoms with van der Waals surface area (Å²) < 4.78 is 10.9. The van der Waals surface area contributed by atoms with Crippen molar-refractivity contribution >= 4 is 11.8 Å². The molecular weight excluding hydrogens is 320 g/mol. The van der Waals surface area contributed by atoms with Crippen LogP contribution in [0, 0.1) is 5.41 Å². The van der Waals surface area contributed by atoms with Crippen LogP contribution < -0.4 is 15.4 Å². The van der Waals surface area contributed by atoms with Gasteiger partial charge in [-0.05, 0) is 43.4 Å². The van der Waals surface area contributed by atoms with Gasteiger partial charge >= 0.3 is 0 Å². The van der Waals surface area contributed by atoms with Gasteiger partial charge in [0.15, 0.2) is 6.61 Å². The molecule has 0 spiro atoms. The van der Waals surface area contributed by atoms with Crippen molar-refractivity contribution in [1.29, 1.82) is 0 Å². The Hall–Kier alpha value is -2.08. The van der Waals surface area contributed by atoms with E-state index in [1.54, 1.807) is 0 Å². The van der Waals surface area contributed by atoms with Gasteiger partial charge in [0.05, 0.1) is 5.41 Å². The molecule has 1 saturated heterocycles. The van der Waals surface area contributed by atoms with E-state index >= 15 is 0 Å². The molecule has 1 aromatic rings. The molecule has 1 aliphatic heterocycles. The third kappa shape index (κ3) is 5.19. The molecule has 0 radical (unpaired) electrons. The lowest BCUT2D eigenvalue weighted by atomic mass is 9.81. The highest BCUT2D eigenvalue weighted by Gasteiger charge is 2.34. The number of rotatable bonds is 7. The second kappa shape index (κ2) is 7.87. The molecule has 2 fully saturated rings. The van der Waals surface area contributed by atoms with E-state index in [1.807, 2.05) is 31.2 Å². The fourth-order valence-electron chi connectivity index (χ4n) is 2.84. The lowest BCUT2D eigenvalue weighted by Gasteiger charge is -2.32. The number of benzene rings is 1. The molecule has 25 heavy (non-hydrogen) atoms. The minimum atomic E-state index is -0.354. The van der Waals surface area contributed by atoms with Crippen molar-refractivity contribution in [3.8, 4) is 5.75 Å². The maximum Gasteiger partial charge on any atom is 0.258 e. The molecule has 1 aliphatic carbocycles. The van der Waals surface area contributed by atoms with Crippen molar-refractivity contribution in [3.63, 3.8) is 0 Å². The maximum atomic E-state index is 12.5. The van der Waals surface area contributed by atoms with Crippen LogP contribution in [-0.4, -0.2) is 37.7 Å². The fourth-order valence-corrected chi connectivity index (χ4v) is 2.84. The topological polar surface area (TPSA) is 76.7 Å². The summed E-state index contributed by atoms with van der Waals surface area (Å²) in [5, 5.41) is 5.89. The van der Waals surface area contributed by atoms with Crippen LogP contribution in [0.25, 0.3) is 0 Å². The minimum Gasteiger partial charge on any atom is -0.484 e. The van der Waals surface area contributed by atoms with E-state index in [4.69, 9.17) is 9.47 Å². The molecule has 0 atom stereocenters. The Morgan fingerprint density at radius 3 is 2.76 bits per heavy atom. The summed E-state index contributed by atoms with van der Waals surface area (Å²) in [6.45, 7) is 3.72. The highest BCUT2D eigenvalue weighted by Crippen LogP contribution is 2.30. The number of amides is 2. The van der Waals surface area contributed by atoms with Gasteiger partial charge in [0.1, 0.15) is 5.75 Å². The monoisotopic (exact) mass is 346 g/mol. The summed E-state index contributed by atoms with van der Waals surface area (Å²) >= 11 is 0. The average Bonchev–Trinajstić information content (AvgIpc) is 3.43. The summed E-state index contributed by atoms with van der Waals surface area (Å²) in [5.41, 5.74) is 0.594. The van der Waals surface area contributed by atoms with Gasteiger partial charge in [-0.2, -0.15) is 0 Å². The predicted molar refractivity (Wildman–Crippen MR) is 93.1 cm³/mol. The molecular formula is C19H26N2O4. The first kappa shape index (κ1) is 17.7. The maximum absolute atomic E-state index is 12.5. The van der Waals surface area contributed by atoms with Crippen LogP contribution in [0.5, 0.6) is 5.75 Å². The largest absolute Gasteiger partial charge is 0.484 e. The van der Waals surface area contributed by atoms with Gasteiger partial charge < -0.3 is 20.1 Å². The summed E-state index contributed by atoms with van der Waals surface area (Å²) in [6.07, 6.45) is 3.62. The highest BCUT2D eigenvalue weighted by atomic mass is 16.5. The molecule has 0 aromatic heterocycles. The van der Waals surface area contributed by atoms with E-state index in [-0.39, 0.29) is 23.8 Å². The van der Waals surface area contributed by atoms with Crippen LogP contribution in [0.3, 0.4) is 0 Å². The second-order valence-corrected chi connectivity index (χ2v) is 7.13. The molecule has 6 heteroatoms. The fraction of sp³-hybridized carbons (Fsp3) is 0.579. The first-order valence-electron chi connectivity index (χ1n) is 8.92. The molecule has 0 unspecified atom stereocenters. The van der Waals surface area contributed by atoms with Crippen LogP contribution in [0.1, 0.15) is 38.2 Å². The van der Waals surface area contributed by atoms with Crippen molar-refractivity contribution in [2.45, 2.75) is 45.2 Å². The average molecular weight is 346 g/mol. The van der Waals surface area contributed by atoms with Gasteiger partial charge in [-0.3, -0.25) is 9.59 Å². The first-order valence-corrected chi connectivity index (χ1v) is 8.92. The molecule has 1 heterocycles. The predicted octanol–water partition coefficient (Wildman–Crippen LogP) is 1.78. The normalized spacial score (nSPS) is 19.1. The van der Waals surface area contributed by atoms with E-state index in [0.29, 0.717) is 31.5 Å². The van der Waals surface area contributed by atoms with Gasteiger partial charge in [-0.1, -0.05) is 19.1 Å². The smallest absolute Gasteiger partial charge is 0.258 e. The van der Waals surface area contributed by atoms with E-state index in [9.17, 15) is 9.59 Å². The van der Waals surface area contributed by atoms with E-state index < -0.39 is 0 Å². The summed E-state index contributed by atoms with van der Waals surface area (Å²) in [5.74, 6) is 0.606. The quantitative estimate of drug-likeness (QED) is 0.789. The van der Waals surface area contributed by atoms with Gasteiger partial charge in [0.2, 0.25) is 5.91 Å². The molecule has 136 valence electrons. The lowest BCUT2D eigenvalue weighted by molar-refractivity contribution is -0.135. The standard InChI is InChI=1S/C19H26N2O4/c1-19(7-9-24-10-8-19)18(23)20-12-14-3-2-4-16(11-14)25-13-17(22)21-15-5-6-15/h2-4,11,15H,5-10,12-13H2,1H3,(H,20,23)(H,21,22). The van der Waals surface area contributed by atoms with Crippen LogP contribution in [0.2, 0.25) is 0 Å². The van der Waals surface area contributed by atoms with E-state index in [0.717, 1.165) is 31.2 Å². The Bertz CT molecular complexity index is 622. The molecule has 6 nitrogen and oxygen atoms in total. The molecule has 1 aromatic carbocycles. The summed E-state index contributed by atoms with van der Waals surface area (Å²) in [7, 11) is 0. The van der Waals surface area contributed by atoms with Crippen molar-refractivity contribution in [2.24, 2.45) is 5.41 Å². The number of ether oxygens (including phenoxy) is 2. The van der Waals surface area contributed by atoms with Crippen LogP contribution >= 0.6 is 0 Å². The molecule has 3 rings (SSSR count). The zero-order valence-electron chi connectivity index (χ0n) is 14.7. The summed E-state index contributed by atoms with van der Waals surface area (Å²) in [4.78, 5) is 24.1. The highest BCUT2D eigenvalue weighted by molar-refractivity contribution is 5.82. The molecule has 0 bridgehead atoms. The van der Waals surface area contributed by atoms with Gasteiger partial charge in [0.25, 0.3) is 5.91 Å². The second-order valence-electron chi connectivity index (χ2n) is 7.13. The van der Waals surface area contributed by atoms with Gasteiger partial charge in [0, 0.05) is 25.8 Å². The van der Waals surface area contributed by atoms with Gasteiger partial charge in [-0.15, -0.1) is 0 Å². The zero-order chi connectivity index (χ0) is 17.7. The van der Waals surface area contributed by atoms with Crippen molar-refractivity contribution in [2.75, 3.05) is 19.8 Å². The third-order valence-electron chi connectivity index (χ3n) is 4.81. The van der Waals surface area contributed by atoms with Crippen molar-refractivity contribution < 1.29 is 19.1 Å². The summed E-state index contributed by atoms with van der Waals surface area (Å²) in [6, 6.07) is 7.81. The minimum absolute atomic E-state index is 0.0182. The Balaban J connectivity index is 1.47. The molecule has 2 N–H and O–H groups in total. The van der Waals surface area contributed by atoms with Gasteiger partial charge in [-0.25, -0.2) is 0 Å². The Morgan fingerprint density at radius 1 is 1.28 bits per heavy atom. The van der Waals surface area contributed by atoms with Crippen molar-refractivity contribution in [3.05, 3.63) is 29.8 Å². The van der Waals surface area contributed by atoms with Crippen LogP contribution in [0.15, 0.2) is 24.3 Å². The SMILES string of the molecule is CC1(C(=O)NCc2cccc(OCC(=O)NC3CC3)c2)CCOCC1.